The van der Waals surface area contributed by atoms with Gasteiger partial charge in [-0.25, -0.2) is 9.97 Å². The zero-order chi connectivity index (χ0) is 18.6. The summed E-state index contributed by atoms with van der Waals surface area (Å²) < 4.78 is 16.3. The fraction of sp³-hybridized carbons (Fsp3) is 0.316. The Bertz CT molecular complexity index is 909. The van der Waals surface area contributed by atoms with Crippen LogP contribution in [0.5, 0.6) is 11.5 Å². The second-order valence-corrected chi connectivity index (χ2v) is 7.05. The maximum Gasteiger partial charge on any atom is 0.276 e. The van der Waals surface area contributed by atoms with Crippen LogP contribution in [0, 0.1) is 0 Å². The minimum absolute atomic E-state index is 0.0192. The van der Waals surface area contributed by atoms with E-state index in [4.69, 9.17) is 13.9 Å². The molecule has 1 amide bonds. The Labute approximate surface area is 160 Å². The molecule has 0 radical (unpaired) electrons. The summed E-state index contributed by atoms with van der Waals surface area (Å²) in [4.78, 5) is 23.3. The van der Waals surface area contributed by atoms with E-state index in [0.717, 1.165) is 17.8 Å². The number of benzene rings is 1. The van der Waals surface area contributed by atoms with Gasteiger partial charge >= 0.3 is 0 Å². The standard InChI is InChI=1S/C19H19N3O4S/c1-24-13-4-2-5-14(10-13)25-12-17-21-15(11-26-17)19(23)22-8-3-6-16(22)18-20-7-9-27-18/h2,4-5,7,9-11,16H,3,6,8,12H2,1H3. The molecule has 1 aliphatic rings. The second kappa shape index (κ2) is 7.79. The zero-order valence-electron chi connectivity index (χ0n) is 14.8. The third-order valence-corrected chi connectivity index (χ3v) is 5.30. The van der Waals surface area contributed by atoms with Crippen LogP contribution in [0.4, 0.5) is 0 Å². The predicted octanol–water partition coefficient (Wildman–Crippen LogP) is 3.70. The summed E-state index contributed by atoms with van der Waals surface area (Å²) in [6.45, 7) is 0.835. The number of thiazole rings is 1. The molecule has 8 heteroatoms. The molecule has 27 heavy (non-hydrogen) atoms. The molecule has 0 spiro atoms. The monoisotopic (exact) mass is 385 g/mol. The number of nitrogens with zero attached hydrogens (tertiary/aromatic N) is 3. The van der Waals surface area contributed by atoms with Gasteiger partial charge in [0.05, 0.1) is 13.2 Å². The molecule has 1 aromatic carbocycles. The van der Waals surface area contributed by atoms with E-state index in [0.29, 0.717) is 29.6 Å². The average Bonchev–Trinajstić information content (AvgIpc) is 3.46. The van der Waals surface area contributed by atoms with Crippen LogP contribution < -0.4 is 9.47 Å². The van der Waals surface area contributed by atoms with Crippen LogP contribution in [0.3, 0.4) is 0 Å². The molecule has 0 N–H and O–H groups in total. The third-order valence-electron chi connectivity index (χ3n) is 4.42. The number of ether oxygens (including phenoxy) is 2. The van der Waals surface area contributed by atoms with E-state index in [9.17, 15) is 4.79 Å². The van der Waals surface area contributed by atoms with Gasteiger partial charge in [0.1, 0.15) is 22.8 Å². The van der Waals surface area contributed by atoms with E-state index < -0.39 is 0 Å². The molecule has 7 nitrogen and oxygen atoms in total. The lowest BCUT2D eigenvalue weighted by Crippen LogP contribution is -2.30. The quantitative estimate of drug-likeness (QED) is 0.644. The Morgan fingerprint density at radius 2 is 2.30 bits per heavy atom. The van der Waals surface area contributed by atoms with Crippen molar-refractivity contribution in [2.24, 2.45) is 0 Å². The van der Waals surface area contributed by atoms with Crippen molar-refractivity contribution in [3.05, 3.63) is 58.7 Å². The van der Waals surface area contributed by atoms with E-state index in [-0.39, 0.29) is 18.6 Å². The van der Waals surface area contributed by atoms with Gasteiger partial charge in [0.25, 0.3) is 5.91 Å². The second-order valence-electron chi connectivity index (χ2n) is 6.12. The van der Waals surface area contributed by atoms with Crippen LogP contribution in [-0.4, -0.2) is 34.4 Å². The van der Waals surface area contributed by atoms with Crippen LogP contribution in [0.25, 0.3) is 0 Å². The first kappa shape index (κ1) is 17.5. The van der Waals surface area contributed by atoms with E-state index in [2.05, 4.69) is 9.97 Å². The molecule has 1 aliphatic heterocycles. The van der Waals surface area contributed by atoms with Gasteiger partial charge in [0.15, 0.2) is 12.3 Å². The van der Waals surface area contributed by atoms with Crippen molar-refractivity contribution >= 4 is 17.2 Å². The van der Waals surface area contributed by atoms with Gasteiger partial charge in [-0.05, 0) is 25.0 Å². The van der Waals surface area contributed by atoms with Gasteiger partial charge in [-0.2, -0.15) is 0 Å². The first-order chi connectivity index (χ1) is 13.2. The van der Waals surface area contributed by atoms with Crippen LogP contribution in [0.15, 0.2) is 46.5 Å². The van der Waals surface area contributed by atoms with Gasteiger partial charge in [-0.15, -0.1) is 11.3 Å². The molecule has 0 bridgehead atoms. The number of methoxy groups -OCH3 is 1. The number of hydrogen-bond donors (Lipinski definition) is 0. The SMILES string of the molecule is COc1cccc(OCc2nc(C(=O)N3CCCC3c3nccs3)co2)c1. The summed E-state index contributed by atoms with van der Waals surface area (Å²) in [5, 5.41) is 2.89. The number of rotatable bonds is 6. The summed E-state index contributed by atoms with van der Waals surface area (Å²) in [6.07, 6.45) is 5.04. The fourth-order valence-electron chi connectivity index (χ4n) is 3.12. The van der Waals surface area contributed by atoms with Gasteiger partial charge < -0.3 is 18.8 Å². The van der Waals surface area contributed by atoms with Crippen molar-refractivity contribution in [2.75, 3.05) is 13.7 Å². The van der Waals surface area contributed by atoms with E-state index in [1.807, 2.05) is 28.5 Å². The number of amides is 1. The van der Waals surface area contributed by atoms with Gasteiger partial charge in [0.2, 0.25) is 5.89 Å². The smallest absolute Gasteiger partial charge is 0.276 e. The molecular formula is C19H19N3O4S. The van der Waals surface area contributed by atoms with Gasteiger partial charge in [0, 0.05) is 24.2 Å². The fourth-order valence-corrected chi connectivity index (χ4v) is 3.91. The number of carbonyl (C=O) groups excluding carboxylic acids is 1. The highest BCUT2D eigenvalue weighted by Crippen LogP contribution is 2.34. The summed E-state index contributed by atoms with van der Waals surface area (Å²) in [6, 6.07) is 7.29. The number of carbonyl (C=O) groups is 1. The molecule has 0 aliphatic carbocycles. The van der Waals surface area contributed by atoms with Crippen molar-refractivity contribution in [3.63, 3.8) is 0 Å². The van der Waals surface area contributed by atoms with Gasteiger partial charge in [-0.3, -0.25) is 4.79 Å². The molecule has 1 fully saturated rings. The Balaban J connectivity index is 1.42. The zero-order valence-corrected chi connectivity index (χ0v) is 15.6. The molecule has 3 aromatic rings. The Hall–Kier alpha value is -2.87. The molecule has 1 saturated heterocycles. The lowest BCUT2D eigenvalue weighted by Gasteiger charge is -2.21. The first-order valence-corrected chi connectivity index (χ1v) is 9.54. The molecule has 4 rings (SSSR count). The first-order valence-electron chi connectivity index (χ1n) is 8.66. The van der Waals surface area contributed by atoms with Crippen LogP contribution in [0.1, 0.15) is 40.3 Å². The normalized spacial score (nSPS) is 16.5. The maximum atomic E-state index is 12.8. The van der Waals surface area contributed by atoms with Crippen molar-refractivity contribution in [1.29, 1.82) is 0 Å². The van der Waals surface area contributed by atoms with E-state index in [1.165, 1.54) is 6.26 Å². The Kier molecular flexibility index (Phi) is 5.06. The predicted molar refractivity (Wildman–Crippen MR) is 99.0 cm³/mol. The van der Waals surface area contributed by atoms with Crippen molar-refractivity contribution < 1.29 is 18.7 Å². The molecule has 140 valence electrons. The molecular weight excluding hydrogens is 366 g/mol. The van der Waals surface area contributed by atoms with E-state index in [1.54, 1.807) is 30.7 Å². The number of likely N-dealkylation sites (tertiary alicyclic amines) is 1. The third kappa shape index (κ3) is 3.80. The number of aromatic nitrogens is 2. The van der Waals surface area contributed by atoms with Crippen LogP contribution >= 0.6 is 11.3 Å². The maximum absolute atomic E-state index is 12.8. The summed E-state index contributed by atoms with van der Waals surface area (Å²) in [5.41, 5.74) is 0.294. The lowest BCUT2D eigenvalue weighted by molar-refractivity contribution is 0.0729. The number of hydrogen-bond acceptors (Lipinski definition) is 7. The van der Waals surface area contributed by atoms with Crippen molar-refractivity contribution in [2.45, 2.75) is 25.5 Å². The highest BCUT2D eigenvalue weighted by atomic mass is 32.1. The van der Waals surface area contributed by atoms with Crippen molar-refractivity contribution in [3.8, 4) is 11.5 Å². The molecule has 0 saturated carbocycles. The molecule has 1 atom stereocenters. The Morgan fingerprint density at radius 1 is 1.41 bits per heavy atom. The summed E-state index contributed by atoms with van der Waals surface area (Å²) >= 11 is 1.57. The molecule has 3 heterocycles. The lowest BCUT2D eigenvalue weighted by atomic mass is 10.2. The Morgan fingerprint density at radius 3 is 3.11 bits per heavy atom. The largest absolute Gasteiger partial charge is 0.497 e. The number of oxazole rings is 1. The van der Waals surface area contributed by atoms with Crippen molar-refractivity contribution in [1.82, 2.24) is 14.9 Å². The highest BCUT2D eigenvalue weighted by molar-refractivity contribution is 7.09. The molecule has 1 unspecified atom stereocenters. The van der Waals surface area contributed by atoms with Crippen LogP contribution in [-0.2, 0) is 6.61 Å². The van der Waals surface area contributed by atoms with E-state index >= 15 is 0 Å². The average molecular weight is 385 g/mol. The minimum atomic E-state index is -0.135. The summed E-state index contributed by atoms with van der Waals surface area (Å²) in [7, 11) is 1.60. The van der Waals surface area contributed by atoms with Crippen LogP contribution in [0.2, 0.25) is 0 Å². The highest BCUT2D eigenvalue weighted by Gasteiger charge is 2.33. The van der Waals surface area contributed by atoms with Gasteiger partial charge in [-0.1, -0.05) is 6.07 Å². The molecule has 2 aromatic heterocycles. The minimum Gasteiger partial charge on any atom is -0.497 e. The topological polar surface area (TPSA) is 77.7 Å². The summed E-state index contributed by atoms with van der Waals surface area (Å²) in [5.74, 6) is 1.57.